The van der Waals surface area contributed by atoms with Crippen LogP contribution in [0.1, 0.15) is 148 Å². The molecular formula is C97H89Cl5F5N9O8. The van der Waals surface area contributed by atoms with Crippen molar-refractivity contribution in [3.63, 3.8) is 0 Å². The average Bonchev–Trinajstić information content (AvgIpc) is 0.818. The molecule has 640 valence electrons. The normalized spacial score (nSPS) is 10.7. The first-order chi connectivity index (χ1) is 59.2. The molecule has 27 heteroatoms. The number of ketones is 4. The van der Waals surface area contributed by atoms with E-state index in [9.17, 15) is 60.3 Å². The van der Waals surface area contributed by atoms with E-state index in [1.165, 1.54) is 63.2 Å². The summed E-state index contributed by atoms with van der Waals surface area (Å²) in [7, 11) is 6.16. The fourth-order valence-corrected chi connectivity index (χ4v) is 14.4. The highest BCUT2D eigenvalue weighted by Crippen LogP contribution is 2.37. The van der Waals surface area contributed by atoms with Gasteiger partial charge in [-0.25, -0.2) is 32.5 Å². The fourth-order valence-electron chi connectivity index (χ4n) is 13.1. The summed E-state index contributed by atoms with van der Waals surface area (Å²) in [6, 6.07) is 52.7. The molecular weight excluding hydrogens is 1690 g/mol. The zero-order chi connectivity index (χ0) is 90.2. The second-order valence-corrected chi connectivity index (χ2v) is 30.6. The number of nitrogens with two attached hydrogens (primary N) is 1. The molecule has 0 aliphatic carbocycles. The summed E-state index contributed by atoms with van der Waals surface area (Å²) in [4.78, 5) is 119. The Morgan fingerprint density at radius 1 is 0.331 bits per heavy atom. The van der Waals surface area contributed by atoms with Gasteiger partial charge in [0.2, 0.25) is 29.6 Å². The first-order valence-corrected chi connectivity index (χ1v) is 41.5. The van der Waals surface area contributed by atoms with Crippen molar-refractivity contribution in [1.82, 2.24) is 19.9 Å². The van der Waals surface area contributed by atoms with Crippen molar-refractivity contribution >= 4 is 133 Å². The molecule has 0 fully saturated rings. The molecule has 0 bridgehead atoms. The predicted molar refractivity (Wildman–Crippen MR) is 484 cm³/mol. The minimum Gasteiger partial charge on any atom is -0.383 e. The van der Waals surface area contributed by atoms with Crippen molar-refractivity contribution in [2.45, 2.75) is 112 Å². The lowest BCUT2D eigenvalue weighted by atomic mass is 9.99. The van der Waals surface area contributed by atoms with E-state index in [-0.39, 0.29) is 119 Å². The summed E-state index contributed by atoms with van der Waals surface area (Å²) >= 11 is 31.5. The number of carbonyl (C=O) groups excluding carboxylic acids is 8. The molecule has 0 radical (unpaired) electrons. The molecule has 0 unspecified atom stereocenters. The second-order valence-electron chi connectivity index (χ2n) is 28.6. The Morgan fingerprint density at radius 3 is 0.903 bits per heavy atom. The molecule has 4 heterocycles. The van der Waals surface area contributed by atoms with Gasteiger partial charge < -0.3 is 25.3 Å². The molecule has 0 aliphatic rings. The molecule has 12 rings (SSSR count). The number of halogens is 10. The number of rotatable bonds is 28. The van der Waals surface area contributed by atoms with Crippen LogP contribution < -0.4 is 25.3 Å². The zero-order valence-electron chi connectivity index (χ0n) is 69.5. The van der Waals surface area contributed by atoms with Gasteiger partial charge in [0, 0.05) is 138 Å². The molecule has 17 nitrogen and oxygen atoms in total. The maximum Gasteiger partial charge on any atom is 0.226 e. The van der Waals surface area contributed by atoms with Gasteiger partial charge >= 0.3 is 0 Å². The van der Waals surface area contributed by atoms with Crippen molar-refractivity contribution in [3.05, 3.63) is 324 Å². The van der Waals surface area contributed by atoms with Crippen LogP contribution in [-0.2, 0) is 44.9 Å². The summed E-state index contributed by atoms with van der Waals surface area (Å²) in [5.41, 5.74) is 17.2. The number of hydrogen-bond acceptors (Lipinski definition) is 13. The Balaban J connectivity index is 0.000000187. The van der Waals surface area contributed by atoms with E-state index >= 15 is 0 Å². The predicted octanol–water partition coefficient (Wildman–Crippen LogP) is 23.6. The van der Waals surface area contributed by atoms with Gasteiger partial charge in [0.15, 0.2) is 23.1 Å². The quantitative estimate of drug-likeness (QED) is 0.0274. The van der Waals surface area contributed by atoms with Crippen LogP contribution in [0.4, 0.5) is 50.5 Å². The molecule has 0 spiro atoms. The molecule has 0 saturated heterocycles. The van der Waals surface area contributed by atoms with Gasteiger partial charge in [-0.05, 0) is 215 Å². The minimum absolute atomic E-state index is 0.0571. The first-order valence-electron chi connectivity index (χ1n) is 39.6. The number of Topliss-reactive ketones (excluding diaryl/α,β-unsaturated/α-hetero) is 4. The van der Waals surface area contributed by atoms with Crippen molar-refractivity contribution in [2.75, 3.05) is 53.5 Å². The Labute approximate surface area is 742 Å². The SMILES string of the molecule is CCC(=O)N(C)c1ccc(-c2ccc(C(=O)CCc3ccc(C)nc3)c(Cl)c2)cc1F.CCC(=O)N(C)c1ccc(-c2ccc(C(=O)CCc3cccnc3Cl)c(Cl)c2)cc1F.CCC(=O)N(C)c1ccc(-c2ccc(C(=O)CCc3cccnc3F)c(Cl)c2)cc1F.CCC(=O)N(C)c1ccc(-c2ccc(C(=O)CCc3cccnc3N)c(Cl)c2)cc1F. The number of aromatic nitrogens is 4. The van der Waals surface area contributed by atoms with Crippen LogP contribution in [0, 0.1) is 36.1 Å². The van der Waals surface area contributed by atoms with Crippen LogP contribution in [0.5, 0.6) is 0 Å². The maximum atomic E-state index is 14.6. The van der Waals surface area contributed by atoms with Crippen molar-refractivity contribution < 1.29 is 60.3 Å². The Bertz CT molecular complexity index is 5520. The molecule has 124 heavy (non-hydrogen) atoms. The maximum absolute atomic E-state index is 14.6. The third kappa shape index (κ3) is 25.3. The molecule has 12 aromatic rings. The highest BCUT2D eigenvalue weighted by atomic mass is 35.5. The van der Waals surface area contributed by atoms with Gasteiger partial charge in [0.1, 0.15) is 34.2 Å². The van der Waals surface area contributed by atoms with E-state index < -0.39 is 29.2 Å². The van der Waals surface area contributed by atoms with E-state index in [2.05, 4.69) is 19.9 Å². The average molecular weight is 1780 g/mol. The Kier molecular flexibility index (Phi) is 34.9. The van der Waals surface area contributed by atoms with Gasteiger partial charge in [0.25, 0.3) is 0 Å². The van der Waals surface area contributed by atoms with Gasteiger partial charge in [-0.15, -0.1) is 0 Å². The van der Waals surface area contributed by atoms with Crippen molar-refractivity contribution in [3.8, 4) is 44.5 Å². The van der Waals surface area contributed by atoms with Gasteiger partial charge in [-0.2, -0.15) is 4.39 Å². The van der Waals surface area contributed by atoms with E-state index in [1.807, 2.05) is 31.2 Å². The standard InChI is InChI=1S/C25H24ClFN2O2.C24H21Cl2FN2O2.C24H21ClF2N2O2.C24H23ClFN3O2/c1-4-25(31)29(3)23-11-9-19(14-22(23)27)18-8-10-20(21(26)13-18)24(30)12-7-17-6-5-16(2)28-15-17;1-3-23(31)29(2)21-10-7-17(14-20(21)27)16-6-9-18(19(25)13-16)22(30)11-8-15-5-4-12-28-24(15)26;2*1-3-23(31)29(2)21-10-7-17(14-20(21)26)16-6-9-18(19(25)13-16)22(30)11-8-15-5-4-12-28-24(15)27/h5-6,8-11,13-15H,4,7,12H2,1-3H3;2*4-7,9-10,12-14H,3,8,11H2,1-2H3;4-7,9-10,12-14H,3,8,11H2,1-2H3,(H2,27,28). The molecule has 8 aromatic carbocycles. The molecule has 0 saturated carbocycles. The van der Waals surface area contributed by atoms with Crippen LogP contribution in [0.15, 0.2) is 219 Å². The molecule has 4 amide bonds. The summed E-state index contributed by atoms with van der Waals surface area (Å²) in [6.45, 7) is 8.80. The van der Waals surface area contributed by atoms with Crippen molar-refractivity contribution in [1.29, 1.82) is 0 Å². The Morgan fingerprint density at radius 2 is 0.613 bits per heavy atom. The summed E-state index contributed by atoms with van der Waals surface area (Å²) < 4.78 is 72.0. The number of nitrogens with zero attached hydrogens (tertiary/aromatic N) is 8. The van der Waals surface area contributed by atoms with Gasteiger partial charge in [-0.1, -0.05) is 158 Å². The first kappa shape index (κ1) is 95.7. The zero-order valence-corrected chi connectivity index (χ0v) is 73.3. The van der Waals surface area contributed by atoms with Gasteiger partial charge in [0.05, 0.1) is 42.8 Å². The van der Waals surface area contributed by atoms with E-state index in [4.69, 9.17) is 63.7 Å². The Hall–Kier alpha value is -12.2. The lowest BCUT2D eigenvalue weighted by Crippen LogP contribution is -2.25. The highest BCUT2D eigenvalue weighted by Gasteiger charge is 2.23. The number of amides is 4. The lowest BCUT2D eigenvalue weighted by molar-refractivity contribution is -0.118. The number of pyridine rings is 4. The third-order valence-corrected chi connectivity index (χ3v) is 22.0. The number of benzene rings is 8. The monoisotopic (exact) mass is 1780 g/mol. The van der Waals surface area contributed by atoms with E-state index in [0.29, 0.717) is 130 Å². The number of anilines is 5. The molecule has 0 atom stereocenters. The van der Waals surface area contributed by atoms with Crippen LogP contribution in [-0.4, -0.2) is 94.9 Å². The van der Waals surface area contributed by atoms with Crippen molar-refractivity contribution in [2.24, 2.45) is 0 Å². The molecule has 4 aromatic heterocycles. The largest absolute Gasteiger partial charge is 0.383 e. The summed E-state index contributed by atoms with van der Waals surface area (Å²) in [5, 5.41) is 1.53. The number of hydrogen-bond donors (Lipinski definition) is 1. The highest BCUT2D eigenvalue weighted by molar-refractivity contribution is 6.36. The topological polar surface area (TPSA) is 227 Å². The lowest BCUT2D eigenvalue weighted by Gasteiger charge is -2.18. The fraction of sp³-hybridized carbons (Fsp3) is 0.216. The van der Waals surface area contributed by atoms with Crippen LogP contribution in [0.2, 0.25) is 25.2 Å². The summed E-state index contributed by atoms with van der Waals surface area (Å²) in [6.07, 6.45) is 10.1. The minimum atomic E-state index is -0.589. The van der Waals surface area contributed by atoms with E-state index in [0.717, 1.165) is 22.4 Å². The second kappa shape index (κ2) is 45.3. The number of nitrogen functional groups attached to an aromatic ring is 1. The molecule has 2 N–H and O–H groups in total. The van der Waals surface area contributed by atoms with Crippen LogP contribution >= 0.6 is 58.0 Å². The van der Waals surface area contributed by atoms with Gasteiger partial charge in [-0.3, -0.25) is 43.3 Å². The van der Waals surface area contributed by atoms with Crippen LogP contribution in [0.25, 0.3) is 44.5 Å². The number of carbonyl (C=O) groups is 8. The summed E-state index contributed by atoms with van der Waals surface area (Å²) in [5.74, 6) is -3.43. The van der Waals surface area contributed by atoms with E-state index in [1.54, 1.807) is 207 Å². The molecule has 0 aliphatic heterocycles. The van der Waals surface area contributed by atoms with Crippen LogP contribution in [0.3, 0.4) is 0 Å². The smallest absolute Gasteiger partial charge is 0.226 e. The number of aryl methyl sites for hydroxylation is 5. The third-order valence-electron chi connectivity index (χ3n) is 20.4.